The fourth-order valence-electron chi connectivity index (χ4n) is 8.64. The molecule has 3 aromatic rings. The molecule has 4 bridgehead atoms. The molecule has 2 aromatic carbocycles. The van der Waals surface area contributed by atoms with Crippen molar-refractivity contribution in [2.24, 2.45) is 11.8 Å². The molecule has 8 rings (SSSR count). The minimum absolute atomic E-state index is 0.0155. The van der Waals surface area contributed by atoms with Gasteiger partial charge in [-0.05, 0) is 78.8 Å². The normalized spacial score (nSPS) is 27.6. The van der Waals surface area contributed by atoms with Crippen LogP contribution in [0.1, 0.15) is 55.2 Å². The van der Waals surface area contributed by atoms with E-state index in [2.05, 4.69) is 15.6 Å². The van der Waals surface area contributed by atoms with Gasteiger partial charge in [0.2, 0.25) is 5.91 Å². The van der Waals surface area contributed by atoms with E-state index in [4.69, 9.17) is 9.47 Å². The topological polar surface area (TPSA) is 113 Å². The molecule has 0 saturated heterocycles. The van der Waals surface area contributed by atoms with E-state index in [1.54, 1.807) is 11.0 Å². The number of aromatic nitrogens is 1. The predicted octanol–water partition coefficient (Wildman–Crippen LogP) is 4.34. The molecule has 2 amide bonds. The first-order valence-electron chi connectivity index (χ1n) is 15.1. The molecule has 0 spiro atoms. The first kappa shape index (κ1) is 27.9. The second-order valence-electron chi connectivity index (χ2n) is 13.1. The Balaban J connectivity index is 1.01. The quantitative estimate of drug-likeness (QED) is 0.338. The highest BCUT2D eigenvalue weighted by molar-refractivity contribution is 5.86. The number of para-hydroxylation sites is 1. The second-order valence-corrected chi connectivity index (χ2v) is 13.1. The average Bonchev–Trinajstić information content (AvgIpc) is 3.58. The maximum absolute atomic E-state index is 13.7. The molecule has 5 atom stereocenters. The summed E-state index contributed by atoms with van der Waals surface area (Å²) in [6.45, 7) is 1.09. The molecule has 1 aliphatic heterocycles. The van der Waals surface area contributed by atoms with Gasteiger partial charge in [0, 0.05) is 48.6 Å². The number of aromatic amines is 1. The lowest BCUT2D eigenvalue weighted by atomic mass is 9.51. The number of rotatable bonds is 8. The molecular weight excluding hydrogens is 551 g/mol. The number of ether oxygens (including phenoxy) is 2. The number of carbonyl (C=O) groups is 3. The van der Waals surface area contributed by atoms with Crippen LogP contribution in [0.25, 0.3) is 10.9 Å². The van der Waals surface area contributed by atoms with Crippen LogP contribution in [0.15, 0.2) is 48.7 Å². The number of fused-ring (bicyclic) bond motifs is 2. The van der Waals surface area contributed by atoms with Crippen LogP contribution in [0.5, 0.6) is 0 Å². The maximum atomic E-state index is 13.7. The van der Waals surface area contributed by atoms with Crippen molar-refractivity contribution in [1.82, 2.24) is 20.5 Å². The van der Waals surface area contributed by atoms with E-state index >= 15 is 0 Å². The van der Waals surface area contributed by atoms with Crippen molar-refractivity contribution >= 4 is 28.9 Å². The molecule has 1 aromatic heterocycles. The number of H-pyrrole nitrogens is 1. The largest absolute Gasteiger partial charge is 0.467 e. The SMILES string of the molecule is COC(=O)[C@H](Cc1c[nH]c2ccccc12)NC(=O)OC12C[C@@H]3C[C@@H](CC(NCC(=O)N4Cc5ccc(F)cc5C4)(C3)C1)C2. The number of halogens is 1. The summed E-state index contributed by atoms with van der Waals surface area (Å²) < 4.78 is 24.9. The van der Waals surface area contributed by atoms with Gasteiger partial charge in [-0.2, -0.15) is 0 Å². The lowest BCUT2D eigenvalue weighted by molar-refractivity contribution is -0.151. The molecule has 4 aliphatic carbocycles. The molecule has 2 heterocycles. The number of hydrogen-bond acceptors (Lipinski definition) is 6. The number of esters is 1. The summed E-state index contributed by atoms with van der Waals surface area (Å²) in [5.41, 5.74) is 2.77. The molecule has 0 radical (unpaired) electrons. The molecule has 4 fully saturated rings. The Bertz CT molecular complexity index is 1570. The van der Waals surface area contributed by atoms with E-state index in [1.165, 1.54) is 19.2 Å². The molecule has 2 unspecified atom stereocenters. The van der Waals surface area contributed by atoms with E-state index in [9.17, 15) is 18.8 Å². The third-order valence-corrected chi connectivity index (χ3v) is 10.1. The Labute approximate surface area is 249 Å². The average molecular weight is 589 g/mol. The Morgan fingerprint density at radius 1 is 1.07 bits per heavy atom. The van der Waals surface area contributed by atoms with Crippen molar-refractivity contribution in [3.05, 3.63) is 71.2 Å². The summed E-state index contributed by atoms with van der Waals surface area (Å²) >= 11 is 0. The Kier molecular flexibility index (Phi) is 6.91. The van der Waals surface area contributed by atoms with Gasteiger partial charge in [0.25, 0.3) is 0 Å². The molecular formula is C33H37FN4O5. The van der Waals surface area contributed by atoms with Gasteiger partial charge >= 0.3 is 12.1 Å². The van der Waals surface area contributed by atoms with Gasteiger partial charge in [0.15, 0.2) is 0 Å². The molecule has 9 nitrogen and oxygen atoms in total. The number of nitrogens with one attached hydrogen (secondary N) is 3. The van der Waals surface area contributed by atoms with Crippen LogP contribution < -0.4 is 10.6 Å². The predicted molar refractivity (Wildman–Crippen MR) is 156 cm³/mol. The van der Waals surface area contributed by atoms with Crippen LogP contribution >= 0.6 is 0 Å². The van der Waals surface area contributed by atoms with Crippen molar-refractivity contribution in [2.45, 2.75) is 75.2 Å². The smallest absolute Gasteiger partial charge is 0.408 e. The van der Waals surface area contributed by atoms with Gasteiger partial charge in [0.05, 0.1) is 13.7 Å². The first-order chi connectivity index (χ1) is 20.7. The summed E-state index contributed by atoms with van der Waals surface area (Å²) in [4.78, 5) is 44.3. The zero-order valence-electron chi connectivity index (χ0n) is 24.3. The first-order valence-corrected chi connectivity index (χ1v) is 15.1. The van der Waals surface area contributed by atoms with Crippen molar-refractivity contribution in [1.29, 1.82) is 0 Å². The fraction of sp³-hybridized carbons (Fsp3) is 0.485. The number of nitrogens with zero attached hydrogens (tertiary/aromatic N) is 1. The molecule has 3 N–H and O–H groups in total. The number of amides is 2. The minimum Gasteiger partial charge on any atom is -0.467 e. The second kappa shape index (κ2) is 10.7. The van der Waals surface area contributed by atoms with E-state index in [0.717, 1.165) is 59.7 Å². The van der Waals surface area contributed by atoms with Gasteiger partial charge in [0.1, 0.15) is 17.5 Å². The van der Waals surface area contributed by atoms with Crippen LogP contribution in [-0.2, 0) is 38.6 Å². The van der Waals surface area contributed by atoms with Gasteiger partial charge in [-0.15, -0.1) is 0 Å². The number of methoxy groups -OCH3 is 1. The number of benzene rings is 2. The highest BCUT2D eigenvalue weighted by Crippen LogP contribution is 2.59. The number of alkyl carbamates (subject to hydrolysis) is 1. The van der Waals surface area contributed by atoms with Gasteiger partial charge < -0.3 is 30.0 Å². The van der Waals surface area contributed by atoms with Crippen molar-refractivity contribution in [3.63, 3.8) is 0 Å². The molecule has 10 heteroatoms. The zero-order chi connectivity index (χ0) is 29.8. The van der Waals surface area contributed by atoms with E-state index in [0.29, 0.717) is 31.3 Å². The van der Waals surface area contributed by atoms with E-state index in [-0.39, 0.29) is 30.2 Å². The van der Waals surface area contributed by atoms with Crippen molar-refractivity contribution in [2.75, 3.05) is 13.7 Å². The summed E-state index contributed by atoms with van der Waals surface area (Å²) in [7, 11) is 1.31. The Morgan fingerprint density at radius 2 is 1.84 bits per heavy atom. The van der Waals surface area contributed by atoms with Crippen LogP contribution in [0, 0.1) is 17.7 Å². The molecule has 43 heavy (non-hydrogen) atoms. The maximum Gasteiger partial charge on any atom is 0.408 e. The summed E-state index contributed by atoms with van der Waals surface area (Å²) in [6.07, 6.45) is 6.69. The van der Waals surface area contributed by atoms with Gasteiger partial charge in [-0.3, -0.25) is 4.79 Å². The van der Waals surface area contributed by atoms with Crippen LogP contribution in [-0.4, -0.2) is 58.7 Å². The third-order valence-electron chi connectivity index (χ3n) is 10.1. The van der Waals surface area contributed by atoms with Crippen molar-refractivity contribution in [3.8, 4) is 0 Å². The highest BCUT2D eigenvalue weighted by atomic mass is 19.1. The minimum atomic E-state index is -0.895. The third kappa shape index (κ3) is 5.37. The van der Waals surface area contributed by atoms with E-state index < -0.39 is 23.7 Å². The van der Waals surface area contributed by atoms with Crippen LogP contribution in [0.4, 0.5) is 9.18 Å². The summed E-state index contributed by atoms with van der Waals surface area (Å²) in [6, 6.07) is 11.6. The monoisotopic (exact) mass is 588 g/mol. The van der Waals surface area contributed by atoms with E-state index in [1.807, 2.05) is 30.5 Å². The Morgan fingerprint density at radius 3 is 2.63 bits per heavy atom. The summed E-state index contributed by atoms with van der Waals surface area (Å²) in [5, 5.41) is 7.39. The fourth-order valence-corrected chi connectivity index (χ4v) is 8.64. The zero-order valence-corrected chi connectivity index (χ0v) is 24.3. The standard InChI is InChI=1S/C33H37FN4O5/c1-42-30(40)28(10-23-15-35-27-5-3-2-4-26(23)27)37-31(41)43-33-13-20-8-21(14-33)12-32(11-20,19-33)36-16-29(39)38-17-22-6-7-25(34)9-24(22)18-38/h2-7,9,15,20-21,28,35-36H,8,10-14,16-19H2,1H3,(H,37,41)/t20-,21+,28-,32?,33?/m0/s1. The molecule has 5 aliphatic rings. The van der Waals surface area contributed by atoms with Crippen molar-refractivity contribution < 1.29 is 28.2 Å². The van der Waals surface area contributed by atoms with Gasteiger partial charge in [-0.1, -0.05) is 24.3 Å². The van der Waals surface area contributed by atoms with Crippen LogP contribution in [0.2, 0.25) is 0 Å². The summed E-state index contributed by atoms with van der Waals surface area (Å²) in [5.74, 6) is -0.0315. The molecule has 226 valence electrons. The Hall–Kier alpha value is -3.92. The highest BCUT2D eigenvalue weighted by Gasteiger charge is 2.59. The lowest BCUT2D eigenvalue weighted by Crippen LogP contribution is -2.66. The number of carbonyl (C=O) groups excluding carboxylic acids is 3. The van der Waals surface area contributed by atoms with Gasteiger partial charge in [-0.25, -0.2) is 14.0 Å². The molecule has 4 saturated carbocycles. The lowest BCUT2D eigenvalue weighted by Gasteiger charge is -2.61. The number of hydrogen-bond donors (Lipinski definition) is 3. The van der Waals surface area contributed by atoms with Crippen LogP contribution in [0.3, 0.4) is 0 Å².